The number of nitrogen functional groups attached to an aromatic ring is 1. The first-order chi connectivity index (χ1) is 24.3. The molecule has 0 saturated carbocycles. The second-order valence-corrected chi connectivity index (χ2v) is 13.0. The maximum atomic E-state index is 14.5. The molecule has 2 aromatic carbocycles. The molecule has 1 aliphatic rings. The molecule has 1 atom stereocenters. The predicted molar refractivity (Wildman–Crippen MR) is 200 cm³/mol. The van der Waals surface area contributed by atoms with Crippen molar-refractivity contribution in [1.29, 1.82) is 0 Å². The van der Waals surface area contributed by atoms with E-state index in [1.54, 1.807) is 37.6 Å². The van der Waals surface area contributed by atoms with E-state index >= 15 is 0 Å². The lowest BCUT2D eigenvalue weighted by Gasteiger charge is -2.31. The zero-order valence-corrected chi connectivity index (χ0v) is 29.8. The molecule has 254 valence electrons. The van der Waals surface area contributed by atoms with Crippen LogP contribution in [0.2, 0.25) is 0 Å². The van der Waals surface area contributed by atoms with Crippen molar-refractivity contribution in [2.75, 3.05) is 25.4 Å². The molecule has 13 nitrogen and oxygen atoms in total. The Labute approximate surface area is 302 Å². The fourth-order valence-electron chi connectivity index (χ4n) is 6.45. The van der Waals surface area contributed by atoms with E-state index in [1.807, 2.05) is 54.2 Å². The van der Waals surface area contributed by atoms with E-state index in [-0.39, 0.29) is 16.9 Å². The van der Waals surface area contributed by atoms with Crippen LogP contribution in [0.4, 0.5) is 5.82 Å². The summed E-state index contributed by atoms with van der Waals surface area (Å²) in [5, 5.41) is 12.1. The average molecular weight is 782 g/mol. The van der Waals surface area contributed by atoms with Crippen LogP contribution in [0.25, 0.3) is 22.2 Å². The second-order valence-electron chi connectivity index (χ2n) is 12.3. The third kappa shape index (κ3) is 6.59. The molecular formula is C36H36IN11O2. The van der Waals surface area contributed by atoms with Crippen molar-refractivity contribution < 1.29 is 4.79 Å². The van der Waals surface area contributed by atoms with Gasteiger partial charge in [0.15, 0.2) is 11.5 Å². The lowest BCUT2D eigenvalue weighted by atomic mass is 10.1. The van der Waals surface area contributed by atoms with Gasteiger partial charge in [-0.1, -0.05) is 36.1 Å². The van der Waals surface area contributed by atoms with Crippen molar-refractivity contribution in [1.82, 2.24) is 47.7 Å². The van der Waals surface area contributed by atoms with Gasteiger partial charge >= 0.3 is 0 Å². The summed E-state index contributed by atoms with van der Waals surface area (Å²) in [6.45, 7) is 4.83. The number of nitrogens with one attached hydrogen (secondary N) is 2. The van der Waals surface area contributed by atoms with Crippen molar-refractivity contribution in [3.05, 3.63) is 112 Å². The fourth-order valence-corrected chi connectivity index (χ4v) is 7.07. The van der Waals surface area contributed by atoms with Crippen LogP contribution in [0, 0.1) is 11.8 Å². The summed E-state index contributed by atoms with van der Waals surface area (Å²) in [5.74, 6) is 6.50. The van der Waals surface area contributed by atoms with Gasteiger partial charge in [-0.2, -0.15) is 5.10 Å². The second kappa shape index (κ2) is 14.4. The number of aryl methyl sites for hydroxylation is 1. The molecule has 50 heavy (non-hydrogen) atoms. The van der Waals surface area contributed by atoms with Crippen LogP contribution in [-0.2, 0) is 13.5 Å². The molecule has 4 aromatic heterocycles. The van der Waals surface area contributed by atoms with E-state index < -0.39 is 11.9 Å². The Balaban J connectivity index is 1.23. The fraction of sp³-hybridized carbons (Fsp3) is 0.278. The third-order valence-corrected chi connectivity index (χ3v) is 10.0. The van der Waals surface area contributed by atoms with E-state index in [1.165, 1.54) is 9.08 Å². The van der Waals surface area contributed by atoms with E-state index in [0.717, 1.165) is 50.2 Å². The molecular weight excluding hydrogens is 745 g/mol. The summed E-state index contributed by atoms with van der Waals surface area (Å²) in [6, 6.07) is 16.3. The first kappa shape index (κ1) is 33.4. The van der Waals surface area contributed by atoms with Crippen LogP contribution >= 0.6 is 22.9 Å². The molecule has 14 heteroatoms. The highest BCUT2D eigenvalue weighted by Gasteiger charge is 2.25. The number of nitrogens with two attached hydrogens (primary N) is 1. The molecule has 1 fully saturated rings. The SMILES string of the molecule is C[C@@H](NC(=O)c1c(N)nn2cccnc12)c1nc2cccc(C#Cc3cnn(C)c3CCN3CCC(NI)CC3)c2c(=O)n1-c1ccccc1. The number of fused-ring (bicyclic) bond motifs is 2. The van der Waals surface area contributed by atoms with Crippen molar-refractivity contribution in [2.24, 2.45) is 7.05 Å². The van der Waals surface area contributed by atoms with Gasteiger partial charge < -0.3 is 16.0 Å². The standard InChI is InChI=1S/C36H36IN11O2/c1-23(41-35(49)31-32(38)44-47-18-7-17-39-34(31)47)33-42-28-11-6-8-24(30(28)36(50)48(33)27-9-4-3-5-10-27)12-13-25-22-40-45(2)29(25)16-21-46-19-14-26(43-37)15-20-46/h3-11,17-18,22-23,26,43H,14-16,19-21H2,1-2H3,(H2,38,44)(H,41,49)/t23-/m1/s1. The minimum absolute atomic E-state index is 0.0502. The molecule has 7 rings (SSSR count). The number of carbonyl (C=O) groups is 1. The molecule has 0 radical (unpaired) electrons. The zero-order valence-electron chi connectivity index (χ0n) is 27.7. The van der Waals surface area contributed by atoms with Crippen LogP contribution in [0.15, 0.2) is 78.0 Å². The lowest BCUT2D eigenvalue weighted by Crippen LogP contribution is -2.40. The molecule has 0 unspecified atom stereocenters. The van der Waals surface area contributed by atoms with Gasteiger partial charge in [0.05, 0.1) is 40.1 Å². The number of aromatic nitrogens is 7. The number of para-hydroxylation sites is 1. The minimum Gasteiger partial charge on any atom is -0.381 e. The molecule has 0 bridgehead atoms. The topological polar surface area (TPSA) is 153 Å². The number of halogens is 1. The first-order valence-corrected chi connectivity index (χ1v) is 17.5. The van der Waals surface area contributed by atoms with Gasteiger partial charge in [0, 0.05) is 66.9 Å². The molecule has 1 aliphatic heterocycles. The Kier molecular flexibility index (Phi) is 9.61. The van der Waals surface area contributed by atoms with Gasteiger partial charge in [-0.05, 0) is 63.2 Å². The molecule has 0 aliphatic carbocycles. The van der Waals surface area contributed by atoms with Crippen LogP contribution in [0.3, 0.4) is 0 Å². The number of likely N-dealkylation sites (tertiary alicyclic amines) is 1. The van der Waals surface area contributed by atoms with Gasteiger partial charge in [0.1, 0.15) is 11.4 Å². The summed E-state index contributed by atoms with van der Waals surface area (Å²) in [7, 11) is 1.94. The quantitative estimate of drug-likeness (QED) is 0.120. The third-order valence-electron chi connectivity index (χ3n) is 9.12. The molecule has 6 aromatic rings. The summed E-state index contributed by atoms with van der Waals surface area (Å²) < 4.78 is 8.23. The molecule has 0 spiro atoms. The van der Waals surface area contributed by atoms with Crippen molar-refractivity contribution in [3.8, 4) is 17.5 Å². The first-order valence-electron chi connectivity index (χ1n) is 16.4. The van der Waals surface area contributed by atoms with Crippen LogP contribution in [0.5, 0.6) is 0 Å². The molecule has 5 heterocycles. The van der Waals surface area contributed by atoms with Gasteiger partial charge in [-0.3, -0.25) is 22.4 Å². The highest BCUT2D eigenvalue weighted by molar-refractivity contribution is 14.1. The average Bonchev–Trinajstić information content (AvgIpc) is 3.67. The van der Waals surface area contributed by atoms with Crippen LogP contribution < -0.4 is 20.1 Å². The lowest BCUT2D eigenvalue weighted by molar-refractivity contribution is 0.0940. The van der Waals surface area contributed by atoms with Crippen LogP contribution in [0.1, 0.15) is 58.8 Å². The predicted octanol–water partition coefficient (Wildman–Crippen LogP) is 3.58. The summed E-state index contributed by atoms with van der Waals surface area (Å²) in [6.07, 6.45) is 8.12. The van der Waals surface area contributed by atoms with Crippen LogP contribution in [-0.4, -0.2) is 70.4 Å². The Morgan fingerprint density at radius 1 is 1.08 bits per heavy atom. The van der Waals surface area contributed by atoms with Crippen molar-refractivity contribution in [2.45, 2.75) is 38.3 Å². The maximum Gasteiger partial charge on any atom is 0.267 e. The van der Waals surface area contributed by atoms with Gasteiger partial charge in [-0.15, -0.1) is 5.10 Å². The van der Waals surface area contributed by atoms with Crippen molar-refractivity contribution >= 4 is 51.1 Å². The molecule has 1 amide bonds. The molecule has 1 saturated heterocycles. The monoisotopic (exact) mass is 781 g/mol. The summed E-state index contributed by atoms with van der Waals surface area (Å²) in [5.41, 5.74) is 9.83. The van der Waals surface area contributed by atoms with Crippen molar-refractivity contribution in [3.63, 3.8) is 0 Å². The number of carbonyl (C=O) groups excluding carboxylic acids is 1. The number of hydrogen-bond acceptors (Lipinski definition) is 9. The Morgan fingerprint density at radius 3 is 2.64 bits per heavy atom. The van der Waals surface area contributed by atoms with E-state index in [4.69, 9.17) is 10.7 Å². The zero-order chi connectivity index (χ0) is 34.8. The van der Waals surface area contributed by atoms with E-state index in [0.29, 0.717) is 39.7 Å². The number of rotatable bonds is 8. The largest absolute Gasteiger partial charge is 0.381 e. The Morgan fingerprint density at radius 2 is 1.86 bits per heavy atom. The summed E-state index contributed by atoms with van der Waals surface area (Å²) in [4.78, 5) is 39.8. The number of nitrogens with zero attached hydrogens (tertiary/aromatic N) is 8. The van der Waals surface area contributed by atoms with Gasteiger partial charge in [-0.25, -0.2) is 14.5 Å². The number of anilines is 1. The number of piperidine rings is 1. The minimum atomic E-state index is -0.700. The smallest absolute Gasteiger partial charge is 0.267 e. The Bertz CT molecular complexity index is 2310. The number of amides is 1. The molecule has 4 N–H and O–H groups in total. The number of benzene rings is 2. The highest BCUT2D eigenvalue weighted by atomic mass is 127. The Hall–Kier alpha value is -5.11. The number of hydrogen-bond donors (Lipinski definition) is 3. The highest BCUT2D eigenvalue weighted by Crippen LogP contribution is 2.22. The van der Waals surface area contributed by atoms with Gasteiger partial charge in [0.25, 0.3) is 11.5 Å². The van der Waals surface area contributed by atoms with E-state index in [2.05, 4.69) is 63.6 Å². The maximum absolute atomic E-state index is 14.5. The van der Waals surface area contributed by atoms with E-state index in [9.17, 15) is 9.59 Å². The normalized spacial score (nSPS) is 14.5. The summed E-state index contributed by atoms with van der Waals surface area (Å²) >= 11 is 2.25. The van der Waals surface area contributed by atoms with Gasteiger partial charge in [0.2, 0.25) is 0 Å².